The molecular weight excluding hydrogens is 145 g/mol. The quantitative estimate of drug-likeness (QED) is 0.423. The van der Waals surface area contributed by atoms with Gasteiger partial charge in [-0.05, 0) is 12.5 Å². The molecule has 0 spiro atoms. The summed E-state index contributed by atoms with van der Waals surface area (Å²) in [6.45, 7) is 1.69. The summed E-state index contributed by atoms with van der Waals surface area (Å²) in [7, 11) is -1.61. The predicted molar refractivity (Wildman–Crippen MR) is 41.6 cm³/mol. The molecule has 0 saturated heterocycles. The Balaban J connectivity index is 3.23. The van der Waals surface area contributed by atoms with Gasteiger partial charge in [0.2, 0.25) is 5.56 Å². The first kappa shape index (κ1) is 8.04. The molecule has 1 aromatic rings. The van der Waals surface area contributed by atoms with Crippen LogP contribution in [0.5, 0.6) is 0 Å². The van der Waals surface area contributed by atoms with E-state index in [2.05, 4.69) is 4.98 Å². The zero-order chi connectivity index (χ0) is 8.43. The molecule has 0 fully saturated rings. The fourth-order valence-corrected chi connectivity index (χ4v) is 0.832. The van der Waals surface area contributed by atoms with Gasteiger partial charge >= 0.3 is 7.12 Å². The maximum atomic E-state index is 10.7. The van der Waals surface area contributed by atoms with Crippen molar-refractivity contribution < 1.29 is 10.0 Å². The van der Waals surface area contributed by atoms with Crippen molar-refractivity contribution in [1.82, 2.24) is 4.98 Å². The monoisotopic (exact) mass is 153 g/mol. The van der Waals surface area contributed by atoms with Gasteiger partial charge in [0.15, 0.2) is 0 Å². The summed E-state index contributed by atoms with van der Waals surface area (Å²) in [4.78, 5) is 13.0. The Kier molecular flexibility index (Phi) is 2.12. The summed E-state index contributed by atoms with van der Waals surface area (Å²) < 4.78 is 0. The molecule has 58 valence electrons. The molecule has 1 heterocycles. The van der Waals surface area contributed by atoms with Crippen LogP contribution in [-0.4, -0.2) is 22.2 Å². The Hall–Kier alpha value is -1.07. The number of aromatic nitrogens is 1. The number of rotatable bonds is 1. The lowest BCUT2D eigenvalue weighted by atomic mass is 9.83. The van der Waals surface area contributed by atoms with Crippen LogP contribution in [0.3, 0.4) is 0 Å². The van der Waals surface area contributed by atoms with Crippen LogP contribution < -0.4 is 11.2 Å². The van der Waals surface area contributed by atoms with E-state index in [-0.39, 0.29) is 11.2 Å². The van der Waals surface area contributed by atoms with Gasteiger partial charge in [0.05, 0.1) is 5.59 Å². The first-order valence-electron chi connectivity index (χ1n) is 3.17. The SMILES string of the molecule is Cc1ccc(=O)[nH]c1B(O)O. The average Bonchev–Trinajstić information content (AvgIpc) is 1.94. The van der Waals surface area contributed by atoms with E-state index in [0.29, 0.717) is 5.56 Å². The van der Waals surface area contributed by atoms with E-state index < -0.39 is 7.12 Å². The minimum Gasteiger partial charge on any atom is -0.422 e. The van der Waals surface area contributed by atoms with Gasteiger partial charge < -0.3 is 15.0 Å². The molecule has 0 radical (unpaired) electrons. The van der Waals surface area contributed by atoms with Crippen molar-refractivity contribution in [1.29, 1.82) is 0 Å². The highest BCUT2D eigenvalue weighted by Gasteiger charge is 2.13. The molecule has 1 aromatic heterocycles. The Bertz CT molecular complexity index is 307. The lowest BCUT2D eigenvalue weighted by Gasteiger charge is -2.01. The van der Waals surface area contributed by atoms with E-state index >= 15 is 0 Å². The third-order valence-corrected chi connectivity index (χ3v) is 1.43. The molecule has 0 aromatic carbocycles. The molecular formula is C6H8BNO3. The maximum absolute atomic E-state index is 10.7. The average molecular weight is 153 g/mol. The zero-order valence-corrected chi connectivity index (χ0v) is 6.03. The number of pyridine rings is 1. The molecule has 0 aliphatic heterocycles. The van der Waals surface area contributed by atoms with Gasteiger partial charge in [-0.25, -0.2) is 0 Å². The standard InChI is InChI=1S/C6H8BNO3/c1-4-2-3-5(9)8-6(4)7(10)11/h2-3,10-11H,1H3,(H,8,9). The largest absolute Gasteiger partial charge is 0.506 e. The summed E-state index contributed by atoms with van der Waals surface area (Å²) in [5, 5.41) is 17.4. The molecule has 0 bridgehead atoms. The lowest BCUT2D eigenvalue weighted by Crippen LogP contribution is -2.38. The second kappa shape index (κ2) is 2.90. The van der Waals surface area contributed by atoms with E-state index in [1.165, 1.54) is 12.1 Å². The normalized spacial score (nSPS) is 9.73. The Morgan fingerprint density at radius 3 is 2.55 bits per heavy atom. The van der Waals surface area contributed by atoms with Crippen molar-refractivity contribution in [3.05, 3.63) is 28.0 Å². The van der Waals surface area contributed by atoms with Crippen LogP contribution in [0, 0.1) is 6.92 Å². The van der Waals surface area contributed by atoms with Crippen LogP contribution in [0.25, 0.3) is 0 Å². The van der Waals surface area contributed by atoms with E-state index in [1.807, 2.05) is 0 Å². The number of aryl methyl sites for hydroxylation is 1. The summed E-state index contributed by atoms with van der Waals surface area (Å²) in [5.41, 5.74) is 0.468. The molecule has 0 atom stereocenters. The summed E-state index contributed by atoms with van der Waals surface area (Å²) in [6, 6.07) is 2.87. The number of H-pyrrole nitrogens is 1. The fraction of sp³-hybridized carbons (Fsp3) is 0.167. The lowest BCUT2D eigenvalue weighted by molar-refractivity contribution is 0.424. The summed E-state index contributed by atoms with van der Waals surface area (Å²) in [6.07, 6.45) is 0. The van der Waals surface area contributed by atoms with Gasteiger partial charge in [-0.2, -0.15) is 0 Å². The first-order valence-corrected chi connectivity index (χ1v) is 3.17. The van der Waals surface area contributed by atoms with E-state index in [9.17, 15) is 4.79 Å². The van der Waals surface area contributed by atoms with Crippen molar-refractivity contribution in [3.63, 3.8) is 0 Å². The molecule has 0 aliphatic carbocycles. The highest BCUT2D eigenvalue weighted by atomic mass is 16.4. The van der Waals surface area contributed by atoms with Crippen LogP contribution in [0.1, 0.15) is 5.56 Å². The van der Waals surface area contributed by atoms with Crippen molar-refractivity contribution in [2.24, 2.45) is 0 Å². The predicted octanol–water partition coefficient (Wildman–Crippen LogP) is -1.64. The molecule has 0 aliphatic rings. The topological polar surface area (TPSA) is 73.3 Å². The summed E-state index contributed by atoms with van der Waals surface area (Å²) >= 11 is 0. The number of hydrogen-bond donors (Lipinski definition) is 3. The van der Waals surface area contributed by atoms with E-state index in [4.69, 9.17) is 10.0 Å². The zero-order valence-electron chi connectivity index (χ0n) is 6.03. The molecule has 0 amide bonds. The van der Waals surface area contributed by atoms with Crippen LogP contribution in [0.2, 0.25) is 0 Å². The smallest absolute Gasteiger partial charge is 0.422 e. The van der Waals surface area contributed by atoms with Crippen LogP contribution in [0.4, 0.5) is 0 Å². The third kappa shape index (κ3) is 1.69. The Morgan fingerprint density at radius 2 is 2.09 bits per heavy atom. The van der Waals surface area contributed by atoms with Gasteiger partial charge in [0, 0.05) is 6.07 Å². The Morgan fingerprint density at radius 1 is 1.45 bits per heavy atom. The molecule has 11 heavy (non-hydrogen) atoms. The molecule has 0 unspecified atom stereocenters. The third-order valence-electron chi connectivity index (χ3n) is 1.43. The number of nitrogens with one attached hydrogen (secondary N) is 1. The molecule has 3 N–H and O–H groups in total. The van der Waals surface area contributed by atoms with E-state index in [1.54, 1.807) is 6.92 Å². The van der Waals surface area contributed by atoms with Crippen LogP contribution >= 0.6 is 0 Å². The molecule has 1 rings (SSSR count). The maximum Gasteiger partial charge on any atom is 0.506 e. The highest BCUT2D eigenvalue weighted by Crippen LogP contribution is 1.86. The minimum atomic E-state index is -1.61. The molecule has 0 saturated carbocycles. The van der Waals surface area contributed by atoms with E-state index in [0.717, 1.165) is 0 Å². The number of hydrogen-bond acceptors (Lipinski definition) is 3. The molecule has 5 heteroatoms. The first-order chi connectivity index (χ1) is 5.11. The van der Waals surface area contributed by atoms with Gasteiger partial charge in [-0.1, -0.05) is 6.07 Å². The fourth-order valence-electron chi connectivity index (χ4n) is 0.832. The minimum absolute atomic E-state index is 0.150. The van der Waals surface area contributed by atoms with Crippen molar-refractivity contribution in [3.8, 4) is 0 Å². The summed E-state index contributed by atoms with van der Waals surface area (Å²) in [5.74, 6) is 0. The van der Waals surface area contributed by atoms with Crippen LogP contribution in [-0.2, 0) is 0 Å². The van der Waals surface area contributed by atoms with Crippen molar-refractivity contribution >= 4 is 12.7 Å². The van der Waals surface area contributed by atoms with Gasteiger partial charge in [-0.15, -0.1) is 0 Å². The van der Waals surface area contributed by atoms with Crippen molar-refractivity contribution in [2.75, 3.05) is 0 Å². The van der Waals surface area contributed by atoms with Crippen molar-refractivity contribution in [2.45, 2.75) is 6.92 Å². The Labute approximate surface area is 63.7 Å². The van der Waals surface area contributed by atoms with Crippen LogP contribution in [0.15, 0.2) is 16.9 Å². The van der Waals surface area contributed by atoms with Gasteiger partial charge in [-0.3, -0.25) is 4.79 Å². The molecule has 4 nitrogen and oxygen atoms in total. The van der Waals surface area contributed by atoms with Gasteiger partial charge in [0.25, 0.3) is 0 Å². The number of aromatic amines is 1. The second-order valence-corrected chi connectivity index (χ2v) is 2.29. The highest BCUT2D eigenvalue weighted by molar-refractivity contribution is 6.58. The van der Waals surface area contributed by atoms with Gasteiger partial charge in [0.1, 0.15) is 0 Å². The second-order valence-electron chi connectivity index (χ2n) is 2.29.